The Bertz CT molecular complexity index is 757. The quantitative estimate of drug-likeness (QED) is 0.735. The fourth-order valence-corrected chi connectivity index (χ4v) is 2.29. The van der Waals surface area contributed by atoms with Crippen LogP contribution in [0.1, 0.15) is 15.9 Å². The minimum Gasteiger partial charge on any atom is -0.478 e. The van der Waals surface area contributed by atoms with Gasteiger partial charge in [0.1, 0.15) is 0 Å². The standard InChI is InChI=1S/C15H12N2O2/c1-9-2-7-13-12(8-16-17-13)14(9)10-3-5-11(6-4-10)15(18)19/h2-8H,1H3,(H,16,17)(H,18,19). The van der Waals surface area contributed by atoms with Gasteiger partial charge < -0.3 is 5.11 Å². The molecule has 0 unspecified atom stereocenters. The highest BCUT2D eigenvalue weighted by atomic mass is 16.4. The summed E-state index contributed by atoms with van der Waals surface area (Å²) >= 11 is 0. The average molecular weight is 252 g/mol. The van der Waals surface area contributed by atoms with Gasteiger partial charge in [0.25, 0.3) is 0 Å². The highest BCUT2D eigenvalue weighted by molar-refractivity contribution is 5.96. The predicted octanol–water partition coefficient (Wildman–Crippen LogP) is 3.24. The van der Waals surface area contributed by atoms with Gasteiger partial charge in [0.2, 0.25) is 0 Å². The molecule has 0 aliphatic rings. The first-order valence-corrected chi connectivity index (χ1v) is 5.93. The first kappa shape index (κ1) is 11.5. The summed E-state index contributed by atoms with van der Waals surface area (Å²) in [6, 6.07) is 10.9. The van der Waals surface area contributed by atoms with Crippen molar-refractivity contribution in [2.75, 3.05) is 0 Å². The third kappa shape index (κ3) is 1.87. The number of hydrogen-bond acceptors (Lipinski definition) is 2. The third-order valence-electron chi connectivity index (χ3n) is 3.25. The van der Waals surface area contributed by atoms with Gasteiger partial charge in [-0.1, -0.05) is 18.2 Å². The number of aromatic carboxylic acids is 1. The molecule has 0 saturated carbocycles. The van der Waals surface area contributed by atoms with Crippen LogP contribution in [-0.2, 0) is 0 Å². The van der Waals surface area contributed by atoms with Gasteiger partial charge >= 0.3 is 5.97 Å². The van der Waals surface area contributed by atoms with E-state index in [1.807, 2.05) is 31.2 Å². The van der Waals surface area contributed by atoms with Crippen LogP contribution in [0.5, 0.6) is 0 Å². The van der Waals surface area contributed by atoms with Gasteiger partial charge in [-0.25, -0.2) is 4.79 Å². The molecule has 0 aliphatic carbocycles. The van der Waals surface area contributed by atoms with Gasteiger partial charge in [0.05, 0.1) is 17.3 Å². The minimum atomic E-state index is -0.912. The molecule has 3 aromatic rings. The fraction of sp³-hybridized carbons (Fsp3) is 0.0667. The molecule has 1 heterocycles. The van der Waals surface area contributed by atoms with Crippen molar-refractivity contribution in [1.82, 2.24) is 10.2 Å². The summed E-state index contributed by atoms with van der Waals surface area (Å²) in [6.45, 7) is 2.03. The number of carbonyl (C=O) groups is 1. The highest BCUT2D eigenvalue weighted by Crippen LogP contribution is 2.31. The van der Waals surface area contributed by atoms with Crippen LogP contribution in [0.15, 0.2) is 42.6 Å². The molecule has 0 atom stereocenters. The van der Waals surface area contributed by atoms with E-state index in [1.165, 1.54) is 0 Å². The zero-order valence-electron chi connectivity index (χ0n) is 10.3. The smallest absolute Gasteiger partial charge is 0.335 e. The van der Waals surface area contributed by atoms with Crippen molar-refractivity contribution in [1.29, 1.82) is 0 Å². The summed E-state index contributed by atoms with van der Waals surface area (Å²) in [6.07, 6.45) is 1.79. The lowest BCUT2D eigenvalue weighted by molar-refractivity contribution is 0.0697. The summed E-state index contributed by atoms with van der Waals surface area (Å²) in [5, 5.41) is 17.0. The van der Waals surface area contributed by atoms with Gasteiger partial charge in [-0.15, -0.1) is 0 Å². The average Bonchev–Trinajstić information content (AvgIpc) is 2.87. The topological polar surface area (TPSA) is 66.0 Å². The van der Waals surface area contributed by atoms with Crippen LogP contribution < -0.4 is 0 Å². The van der Waals surface area contributed by atoms with E-state index in [0.717, 1.165) is 27.6 Å². The molecule has 0 aliphatic heterocycles. The number of carboxylic acid groups (broad SMARTS) is 1. The van der Waals surface area contributed by atoms with Crippen LogP contribution in [0.4, 0.5) is 0 Å². The summed E-state index contributed by atoms with van der Waals surface area (Å²) in [4.78, 5) is 10.9. The highest BCUT2D eigenvalue weighted by Gasteiger charge is 2.09. The van der Waals surface area contributed by atoms with E-state index in [0.29, 0.717) is 5.56 Å². The summed E-state index contributed by atoms with van der Waals surface area (Å²) in [7, 11) is 0. The van der Waals surface area contributed by atoms with Crippen molar-refractivity contribution in [2.45, 2.75) is 6.92 Å². The Kier molecular flexibility index (Phi) is 2.56. The van der Waals surface area contributed by atoms with Gasteiger partial charge in [-0.2, -0.15) is 5.10 Å². The second kappa shape index (κ2) is 4.24. The van der Waals surface area contributed by atoms with E-state index in [1.54, 1.807) is 18.3 Å². The summed E-state index contributed by atoms with van der Waals surface area (Å²) < 4.78 is 0. The molecule has 3 rings (SSSR count). The number of nitrogens with zero attached hydrogens (tertiary/aromatic N) is 1. The number of aromatic amines is 1. The Morgan fingerprint density at radius 3 is 2.58 bits per heavy atom. The van der Waals surface area contributed by atoms with E-state index < -0.39 is 5.97 Å². The van der Waals surface area contributed by atoms with E-state index in [9.17, 15) is 4.79 Å². The van der Waals surface area contributed by atoms with Crippen molar-refractivity contribution in [3.8, 4) is 11.1 Å². The monoisotopic (exact) mass is 252 g/mol. The molecule has 0 saturated heterocycles. The number of aromatic nitrogens is 2. The van der Waals surface area contributed by atoms with E-state index >= 15 is 0 Å². The Morgan fingerprint density at radius 1 is 1.16 bits per heavy atom. The second-order valence-electron chi connectivity index (χ2n) is 4.47. The minimum absolute atomic E-state index is 0.292. The Balaban J connectivity index is 2.20. The molecule has 2 N–H and O–H groups in total. The van der Waals surface area contributed by atoms with Crippen molar-refractivity contribution < 1.29 is 9.90 Å². The van der Waals surface area contributed by atoms with Crippen molar-refractivity contribution >= 4 is 16.9 Å². The molecule has 4 heteroatoms. The number of aryl methyl sites for hydroxylation is 1. The van der Waals surface area contributed by atoms with Gasteiger partial charge in [-0.3, -0.25) is 5.10 Å². The van der Waals surface area contributed by atoms with Crippen LogP contribution in [0.25, 0.3) is 22.0 Å². The Morgan fingerprint density at radius 2 is 1.89 bits per heavy atom. The maximum Gasteiger partial charge on any atom is 0.335 e. The molecule has 4 nitrogen and oxygen atoms in total. The van der Waals surface area contributed by atoms with Gasteiger partial charge in [0, 0.05) is 5.39 Å². The third-order valence-corrected chi connectivity index (χ3v) is 3.25. The van der Waals surface area contributed by atoms with Crippen molar-refractivity contribution in [3.05, 3.63) is 53.7 Å². The maximum atomic E-state index is 10.9. The first-order chi connectivity index (χ1) is 9.16. The second-order valence-corrected chi connectivity index (χ2v) is 4.47. The van der Waals surface area contributed by atoms with Gasteiger partial charge in [-0.05, 0) is 41.8 Å². The van der Waals surface area contributed by atoms with Crippen LogP contribution >= 0.6 is 0 Å². The maximum absolute atomic E-state index is 10.9. The van der Waals surface area contributed by atoms with Crippen LogP contribution in [0.3, 0.4) is 0 Å². The molecular formula is C15H12N2O2. The van der Waals surface area contributed by atoms with E-state index in [2.05, 4.69) is 10.2 Å². The molecule has 2 aromatic carbocycles. The number of benzene rings is 2. The number of H-pyrrole nitrogens is 1. The molecule has 1 aromatic heterocycles. The summed E-state index contributed by atoms with van der Waals surface area (Å²) in [5.41, 5.74) is 4.48. The van der Waals surface area contributed by atoms with Crippen molar-refractivity contribution in [3.63, 3.8) is 0 Å². The number of carboxylic acids is 1. The molecule has 0 amide bonds. The van der Waals surface area contributed by atoms with E-state index in [4.69, 9.17) is 5.11 Å². The fourth-order valence-electron chi connectivity index (χ4n) is 2.29. The number of fused-ring (bicyclic) bond motifs is 1. The molecule has 0 fully saturated rings. The van der Waals surface area contributed by atoms with E-state index in [-0.39, 0.29) is 0 Å². The largest absolute Gasteiger partial charge is 0.478 e. The number of hydrogen-bond donors (Lipinski definition) is 2. The van der Waals surface area contributed by atoms with Crippen LogP contribution in [0, 0.1) is 6.92 Å². The molecule has 94 valence electrons. The lowest BCUT2D eigenvalue weighted by Crippen LogP contribution is -1.95. The molecule has 0 radical (unpaired) electrons. The lowest BCUT2D eigenvalue weighted by atomic mass is 9.96. The molecule has 19 heavy (non-hydrogen) atoms. The number of nitrogens with one attached hydrogen (secondary N) is 1. The summed E-state index contributed by atoms with van der Waals surface area (Å²) in [5.74, 6) is -0.912. The first-order valence-electron chi connectivity index (χ1n) is 5.93. The van der Waals surface area contributed by atoms with Gasteiger partial charge in [0.15, 0.2) is 0 Å². The molecule has 0 spiro atoms. The van der Waals surface area contributed by atoms with Crippen LogP contribution in [-0.4, -0.2) is 21.3 Å². The Hall–Kier alpha value is -2.62. The number of rotatable bonds is 2. The normalized spacial score (nSPS) is 10.8. The zero-order chi connectivity index (χ0) is 13.4. The van der Waals surface area contributed by atoms with Crippen molar-refractivity contribution in [2.24, 2.45) is 0 Å². The molecular weight excluding hydrogens is 240 g/mol. The predicted molar refractivity (Wildman–Crippen MR) is 73.2 cm³/mol. The zero-order valence-corrected chi connectivity index (χ0v) is 10.3. The molecule has 0 bridgehead atoms. The lowest BCUT2D eigenvalue weighted by Gasteiger charge is -2.08. The Labute approximate surface area is 109 Å². The SMILES string of the molecule is Cc1ccc2[nH]ncc2c1-c1ccc(C(=O)O)cc1. The van der Waals surface area contributed by atoms with Crippen LogP contribution in [0.2, 0.25) is 0 Å².